The van der Waals surface area contributed by atoms with Crippen LogP contribution in [0.1, 0.15) is 55.6 Å². The maximum absolute atomic E-state index is 12.9. The molecular weight excluding hydrogens is 448 g/mol. The molecule has 9 heteroatoms. The van der Waals surface area contributed by atoms with Crippen LogP contribution in [0.15, 0.2) is 29.4 Å². The van der Waals surface area contributed by atoms with E-state index in [0.29, 0.717) is 17.5 Å². The third-order valence-electron chi connectivity index (χ3n) is 5.73. The minimum Gasteiger partial charge on any atom is -0.333 e. The molecule has 0 bridgehead atoms. The minimum absolute atomic E-state index is 0.0147. The van der Waals surface area contributed by atoms with Crippen molar-refractivity contribution < 1.29 is 9.59 Å². The molecule has 8 nitrogen and oxygen atoms in total. The molecule has 0 aliphatic carbocycles. The summed E-state index contributed by atoms with van der Waals surface area (Å²) in [6.07, 6.45) is 3.96. The quantitative estimate of drug-likeness (QED) is 0.408. The van der Waals surface area contributed by atoms with Crippen molar-refractivity contribution in [2.24, 2.45) is 0 Å². The fourth-order valence-electron chi connectivity index (χ4n) is 3.82. The summed E-state index contributed by atoms with van der Waals surface area (Å²) >= 11 is 1.27. The predicted molar refractivity (Wildman–Crippen MR) is 136 cm³/mol. The average Bonchev–Trinajstić information content (AvgIpc) is 3.21. The Morgan fingerprint density at radius 3 is 2.56 bits per heavy atom. The van der Waals surface area contributed by atoms with Gasteiger partial charge in [-0.25, -0.2) is 9.50 Å². The topological polar surface area (TPSA) is 92.5 Å². The van der Waals surface area contributed by atoms with E-state index in [1.807, 2.05) is 52.0 Å². The number of nitrogens with zero attached hydrogens (tertiary/aromatic N) is 5. The highest BCUT2D eigenvalue weighted by Crippen LogP contribution is 2.20. The van der Waals surface area contributed by atoms with E-state index in [0.717, 1.165) is 48.3 Å². The molecule has 2 amide bonds. The van der Waals surface area contributed by atoms with Crippen LogP contribution >= 0.6 is 11.8 Å². The SMILES string of the molecule is CCCCc1c(C)nc2nc(SCC(=O)N(CCC)CC(=O)Nc3ccccc3C)nn2c1C. The molecular formula is C25H34N6O2S. The van der Waals surface area contributed by atoms with Gasteiger partial charge in [0, 0.05) is 23.6 Å². The van der Waals surface area contributed by atoms with Crippen molar-refractivity contribution in [2.75, 3.05) is 24.2 Å². The molecule has 0 fully saturated rings. The van der Waals surface area contributed by atoms with Crippen LogP contribution in [0.4, 0.5) is 5.69 Å². The summed E-state index contributed by atoms with van der Waals surface area (Å²) < 4.78 is 1.77. The number of benzene rings is 1. The Morgan fingerprint density at radius 2 is 1.85 bits per heavy atom. The zero-order valence-electron chi connectivity index (χ0n) is 20.7. The van der Waals surface area contributed by atoms with Gasteiger partial charge in [-0.15, -0.1) is 5.10 Å². The number of anilines is 1. The van der Waals surface area contributed by atoms with Gasteiger partial charge in [-0.2, -0.15) is 4.98 Å². The third-order valence-corrected chi connectivity index (χ3v) is 6.56. The summed E-state index contributed by atoms with van der Waals surface area (Å²) in [7, 11) is 0. The molecule has 0 aliphatic rings. The summed E-state index contributed by atoms with van der Waals surface area (Å²) in [5.41, 5.74) is 4.97. The molecule has 0 spiro atoms. The van der Waals surface area contributed by atoms with Crippen molar-refractivity contribution in [1.82, 2.24) is 24.5 Å². The van der Waals surface area contributed by atoms with E-state index >= 15 is 0 Å². The number of hydrogen-bond donors (Lipinski definition) is 1. The monoisotopic (exact) mass is 482 g/mol. The number of thioether (sulfide) groups is 1. The molecule has 0 radical (unpaired) electrons. The zero-order valence-corrected chi connectivity index (χ0v) is 21.5. The number of aryl methyl sites for hydroxylation is 3. The third kappa shape index (κ3) is 6.34. The predicted octanol–water partition coefficient (Wildman–Crippen LogP) is 4.36. The van der Waals surface area contributed by atoms with Gasteiger partial charge >= 0.3 is 0 Å². The fourth-order valence-corrected chi connectivity index (χ4v) is 4.54. The van der Waals surface area contributed by atoms with Gasteiger partial charge in [-0.3, -0.25) is 9.59 Å². The lowest BCUT2D eigenvalue weighted by Crippen LogP contribution is -2.39. The van der Waals surface area contributed by atoms with Gasteiger partial charge in [0.15, 0.2) is 0 Å². The lowest BCUT2D eigenvalue weighted by Gasteiger charge is -2.21. The number of hydrogen-bond acceptors (Lipinski definition) is 6. The highest BCUT2D eigenvalue weighted by atomic mass is 32.2. The second-order valence-corrected chi connectivity index (χ2v) is 9.38. The maximum atomic E-state index is 12.9. The van der Waals surface area contributed by atoms with Crippen LogP contribution in [-0.4, -0.2) is 55.1 Å². The first kappa shape index (κ1) is 25.7. The summed E-state index contributed by atoms with van der Waals surface area (Å²) in [6.45, 7) is 10.7. The van der Waals surface area contributed by atoms with Crippen LogP contribution in [0.25, 0.3) is 5.78 Å². The Morgan fingerprint density at radius 1 is 1.09 bits per heavy atom. The van der Waals surface area contributed by atoms with Gasteiger partial charge in [0.05, 0.1) is 12.3 Å². The Kier molecular flexibility index (Phi) is 9.04. The Balaban J connectivity index is 1.65. The van der Waals surface area contributed by atoms with Gasteiger partial charge in [0.2, 0.25) is 17.0 Å². The zero-order chi connectivity index (χ0) is 24.7. The van der Waals surface area contributed by atoms with Gasteiger partial charge in [0.1, 0.15) is 0 Å². The number of carbonyl (C=O) groups is 2. The second-order valence-electron chi connectivity index (χ2n) is 8.44. The van der Waals surface area contributed by atoms with Crippen LogP contribution in [0.3, 0.4) is 0 Å². The fraction of sp³-hybridized carbons (Fsp3) is 0.480. The molecule has 2 heterocycles. The Hall–Kier alpha value is -2.94. The molecule has 0 unspecified atom stereocenters. The number of unbranched alkanes of at least 4 members (excludes halogenated alkanes) is 1. The van der Waals surface area contributed by atoms with Crippen molar-refractivity contribution in [3.05, 3.63) is 46.8 Å². The minimum atomic E-state index is -0.207. The number of rotatable bonds is 11. The van der Waals surface area contributed by atoms with Crippen LogP contribution in [0.5, 0.6) is 0 Å². The molecule has 0 saturated heterocycles. The first-order chi connectivity index (χ1) is 16.3. The summed E-state index contributed by atoms with van der Waals surface area (Å²) in [6, 6.07) is 7.59. The van der Waals surface area contributed by atoms with Crippen LogP contribution in [0.2, 0.25) is 0 Å². The van der Waals surface area contributed by atoms with Gasteiger partial charge in [0.25, 0.3) is 5.78 Å². The molecule has 0 atom stereocenters. The van der Waals surface area contributed by atoms with Crippen molar-refractivity contribution in [3.8, 4) is 0 Å². The molecule has 1 aromatic carbocycles. The van der Waals surface area contributed by atoms with Crippen molar-refractivity contribution >= 4 is 35.0 Å². The highest BCUT2D eigenvalue weighted by Gasteiger charge is 2.19. The standard InChI is InChI=1S/C25H34N6O2S/c1-6-8-12-20-18(4)26-24-28-25(29-31(24)19(20)5)34-16-23(33)30(14-7-2)15-22(32)27-21-13-10-9-11-17(21)3/h9-11,13H,6-8,12,14-16H2,1-5H3,(H,27,32). The van der Waals surface area contributed by atoms with E-state index < -0.39 is 0 Å². The smallest absolute Gasteiger partial charge is 0.253 e. The summed E-state index contributed by atoms with van der Waals surface area (Å²) in [5.74, 6) is 0.389. The molecule has 2 aromatic heterocycles. The Labute approximate surface area is 205 Å². The molecule has 182 valence electrons. The number of fused-ring (bicyclic) bond motifs is 1. The molecule has 1 N–H and O–H groups in total. The van der Waals surface area contributed by atoms with Crippen molar-refractivity contribution in [3.63, 3.8) is 0 Å². The molecule has 0 saturated carbocycles. The first-order valence-electron chi connectivity index (χ1n) is 11.8. The van der Waals surface area contributed by atoms with Crippen LogP contribution < -0.4 is 5.32 Å². The van der Waals surface area contributed by atoms with Crippen molar-refractivity contribution in [1.29, 1.82) is 0 Å². The number of carbonyl (C=O) groups excluding carboxylic acids is 2. The van der Waals surface area contributed by atoms with Gasteiger partial charge in [-0.05, 0) is 57.2 Å². The molecule has 34 heavy (non-hydrogen) atoms. The van der Waals surface area contributed by atoms with E-state index in [1.54, 1.807) is 9.42 Å². The normalized spacial score (nSPS) is 11.1. The summed E-state index contributed by atoms with van der Waals surface area (Å²) in [5, 5.41) is 7.99. The van der Waals surface area contributed by atoms with Crippen LogP contribution in [0, 0.1) is 20.8 Å². The van der Waals surface area contributed by atoms with E-state index in [9.17, 15) is 9.59 Å². The van der Waals surface area contributed by atoms with E-state index in [1.165, 1.54) is 17.3 Å². The Bertz CT molecular complexity index is 1160. The number of aromatic nitrogens is 4. The van der Waals surface area contributed by atoms with Crippen molar-refractivity contribution in [2.45, 2.75) is 65.5 Å². The largest absolute Gasteiger partial charge is 0.333 e. The van der Waals surface area contributed by atoms with Crippen LogP contribution in [-0.2, 0) is 16.0 Å². The molecule has 0 aliphatic heterocycles. The van der Waals surface area contributed by atoms with Gasteiger partial charge < -0.3 is 10.2 Å². The second kappa shape index (κ2) is 12.0. The molecule has 3 rings (SSSR count). The van der Waals surface area contributed by atoms with E-state index in [2.05, 4.69) is 27.3 Å². The lowest BCUT2D eigenvalue weighted by atomic mass is 10.1. The number of amides is 2. The number of nitrogens with one attached hydrogen (secondary N) is 1. The number of para-hydroxylation sites is 1. The van der Waals surface area contributed by atoms with E-state index in [4.69, 9.17) is 0 Å². The first-order valence-corrected chi connectivity index (χ1v) is 12.8. The molecule has 3 aromatic rings. The summed E-state index contributed by atoms with van der Waals surface area (Å²) in [4.78, 5) is 36.2. The highest BCUT2D eigenvalue weighted by molar-refractivity contribution is 7.99. The van der Waals surface area contributed by atoms with E-state index in [-0.39, 0.29) is 24.1 Å². The average molecular weight is 483 g/mol. The maximum Gasteiger partial charge on any atom is 0.253 e. The van der Waals surface area contributed by atoms with Gasteiger partial charge in [-0.1, -0.05) is 50.2 Å². The lowest BCUT2D eigenvalue weighted by molar-refractivity contribution is -0.132.